The summed E-state index contributed by atoms with van der Waals surface area (Å²) in [6, 6.07) is 7.79. The number of thioether (sulfide) groups is 1. The molecule has 1 aliphatic heterocycles. The highest BCUT2D eigenvalue weighted by Gasteiger charge is 2.40. The van der Waals surface area contributed by atoms with E-state index in [0.29, 0.717) is 12.3 Å². The number of nitrogens with zero attached hydrogens (tertiary/aromatic N) is 2. The number of aromatic nitrogens is 1. The Morgan fingerprint density at radius 1 is 1.20 bits per heavy atom. The first-order valence-corrected chi connectivity index (χ1v) is 14.3. The fraction of sp³-hybridized carbons (Fsp3) is 0.652. The van der Waals surface area contributed by atoms with Crippen molar-refractivity contribution in [2.24, 2.45) is 5.92 Å². The topological polar surface area (TPSA) is 62.5 Å². The Balaban J connectivity index is 0.000000461. The van der Waals surface area contributed by atoms with Crippen LogP contribution in [0.1, 0.15) is 50.2 Å². The third kappa shape index (κ3) is 5.42. The molecule has 2 aromatic rings. The predicted octanol–water partition coefficient (Wildman–Crippen LogP) is 4.66. The van der Waals surface area contributed by atoms with Gasteiger partial charge in [-0.3, -0.25) is 9.45 Å². The average molecular weight is 453 g/mol. The third-order valence-corrected chi connectivity index (χ3v) is 7.04. The Morgan fingerprint density at radius 2 is 1.90 bits per heavy atom. The van der Waals surface area contributed by atoms with Crippen LogP contribution in [0.5, 0.6) is 0 Å². The highest BCUT2D eigenvalue weighted by atomic mass is 32.2. The molecule has 168 valence electrons. The van der Waals surface area contributed by atoms with Gasteiger partial charge in [0.05, 0.1) is 6.26 Å². The normalized spacial score (nSPS) is 23.7. The van der Waals surface area contributed by atoms with Crippen LogP contribution in [-0.2, 0) is 23.1 Å². The van der Waals surface area contributed by atoms with E-state index < -0.39 is 10.1 Å². The van der Waals surface area contributed by atoms with Gasteiger partial charge in [0.15, 0.2) is 0 Å². The second-order valence-electron chi connectivity index (χ2n) is 8.75. The number of aryl methyl sites for hydroxylation is 1. The minimum Gasteiger partial charge on any atom is -0.347 e. The maximum Gasteiger partial charge on any atom is 0.261 e. The SMILES string of the molecule is CCCN1C[C@H](CSC)C[C@@H]2c3cccc4c3c(cn4CCC)C[C@H]21.CS(=O)(=O)O. The lowest BCUT2D eigenvalue weighted by Crippen LogP contribution is -2.50. The van der Waals surface area contributed by atoms with E-state index in [1.165, 1.54) is 50.0 Å². The van der Waals surface area contributed by atoms with Crippen LogP contribution >= 0.6 is 11.8 Å². The second-order valence-corrected chi connectivity index (χ2v) is 11.1. The largest absolute Gasteiger partial charge is 0.347 e. The van der Waals surface area contributed by atoms with E-state index in [2.05, 4.69) is 54.0 Å². The molecular formula is C23H36N2O3S2. The number of likely N-dealkylation sites (tertiary alicyclic amines) is 1. The van der Waals surface area contributed by atoms with Crippen LogP contribution in [0.2, 0.25) is 0 Å². The van der Waals surface area contributed by atoms with Gasteiger partial charge >= 0.3 is 0 Å². The fourth-order valence-electron chi connectivity index (χ4n) is 5.40. The molecule has 7 heteroatoms. The Morgan fingerprint density at radius 3 is 2.53 bits per heavy atom. The molecule has 1 aliphatic carbocycles. The molecular weight excluding hydrogens is 416 g/mol. The standard InChI is InChI=1S/C22H32N2S.CH4O3S/c1-4-9-23-13-16(15-25-3)11-19-18-7-6-8-20-22(18)17(12-21(19)23)14-24(20)10-5-2;1-5(2,3)4/h6-8,14,16,19,21H,4-5,9-13,15H2,1-3H3;1H3,(H,2,3,4)/t16-,19-,21-;/m1./s1. The summed E-state index contributed by atoms with van der Waals surface area (Å²) in [5.41, 5.74) is 4.72. The molecule has 1 N–H and O–H groups in total. The summed E-state index contributed by atoms with van der Waals surface area (Å²) in [5.74, 6) is 2.88. The zero-order valence-corrected chi connectivity index (χ0v) is 20.3. The maximum absolute atomic E-state index is 9.19. The lowest BCUT2D eigenvalue weighted by molar-refractivity contribution is 0.0926. The quantitative estimate of drug-likeness (QED) is 0.646. The molecule has 30 heavy (non-hydrogen) atoms. The van der Waals surface area contributed by atoms with Crippen LogP contribution in [0, 0.1) is 5.92 Å². The van der Waals surface area contributed by atoms with E-state index in [1.807, 2.05) is 11.8 Å². The Hall–Kier alpha value is -1.02. The van der Waals surface area contributed by atoms with Crippen molar-refractivity contribution >= 4 is 32.8 Å². The van der Waals surface area contributed by atoms with E-state index in [0.717, 1.165) is 18.4 Å². The lowest BCUT2D eigenvalue weighted by atomic mass is 9.72. The highest BCUT2D eigenvalue weighted by Crippen LogP contribution is 2.45. The summed E-state index contributed by atoms with van der Waals surface area (Å²) < 4.78 is 28.4. The monoisotopic (exact) mass is 452 g/mol. The Labute approximate surface area is 186 Å². The van der Waals surface area contributed by atoms with Crippen molar-refractivity contribution in [1.82, 2.24) is 9.47 Å². The molecule has 1 aromatic carbocycles. The summed E-state index contributed by atoms with van der Waals surface area (Å²) in [6.45, 7) is 8.32. The maximum atomic E-state index is 9.19. The first-order chi connectivity index (χ1) is 14.3. The van der Waals surface area contributed by atoms with Gasteiger partial charge < -0.3 is 4.57 Å². The first-order valence-electron chi connectivity index (χ1n) is 11.0. The van der Waals surface area contributed by atoms with Gasteiger partial charge in [-0.25, -0.2) is 0 Å². The number of rotatable bonds is 6. The number of hydrogen-bond donors (Lipinski definition) is 1. The van der Waals surface area contributed by atoms with Crippen LogP contribution in [0.4, 0.5) is 0 Å². The van der Waals surface area contributed by atoms with E-state index >= 15 is 0 Å². The van der Waals surface area contributed by atoms with Crippen LogP contribution in [-0.4, -0.2) is 59.8 Å². The summed E-state index contributed by atoms with van der Waals surface area (Å²) in [6.07, 6.45) is 10.5. The van der Waals surface area contributed by atoms with Gasteiger partial charge in [-0.05, 0) is 67.3 Å². The molecule has 0 bridgehead atoms. The van der Waals surface area contributed by atoms with Crippen molar-refractivity contribution in [2.75, 3.05) is 31.4 Å². The zero-order chi connectivity index (χ0) is 21.9. The average Bonchev–Trinajstić information content (AvgIpc) is 3.01. The molecule has 4 rings (SSSR count). The lowest BCUT2D eigenvalue weighted by Gasteiger charge is -2.47. The molecule has 1 aromatic heterocycles. The molecule has 5 nitrogen and oxygen atoms in total. The van der Waals surface area contributed by atoms with Gasteiger partial charge in [-0.15, -0.1) is 0 Å². The summed E-state index contributed by atoms with van der Waals surface area (Å²) in [4.78, 5) is 2.83. The van der Waals surface area contributed by atoms with Gasteiger partial charge in [0.1, 0.15) is 0 Å². The van der Waals surface area contributed by atoms with Crippen LogP contribution in [0.25, 0.3) is 10.9 Å². The molecule has 0 amide bonds. The number of benzene rings is 1. The van der Waals surface area contributed by atoms with E-state index in [4.69, 9.17) is 4.55 Å². The van der Waals surface area contributed by atoms with Crippen molar-refractivity contribution < 1.29 is 13.0 Å². The molecule has 0 spiro atoms. The van der Waals surface area contributed by atoms with Gasteiger partial charge in [0.25, 0.3) is 10.1 Å². The molecule has 0 unspecified atom stereocenters. The highest BCUT2D eigenvalue weighted by molar-refractivity contribution is 7.98. The number of hydrogen-bond acceptors (Lipinski definition) is 4. The fourth-order valence-corrected chi connectivity index (χ4v) is 6.12. The third-order valence-electron chi connectivity index (χ3n) is 6.24. The Kier molecular flexibility index (Phi) is 7.93. The number of piperidine rings is 1. The van der Waals surface area contributed by atoms with Crippen LogP contribution < -0.4 is 0 Å². The van der Waals surface area contributed by atoms with Gasteiger partial charge in [-0.1, -0.05) is 26.0 Å². The number of fused-ring (bicyclic) bond motifs is 2. The minimum absolute atomic E-state index is 0.715. The molecule has 0 saturated carbocycles. The van der Waals surface area contributed by atoms with Crippen molar-refractivity contribution in [3.8, 4) is 0 Å². The Bertz CT molecular complexity index is 947. The minimum atomic E-state index is -3.67. The van der Waals surface area contributed by atoms with Crippen molar-refractivity contribution in [3.63, 3.8) is 0 Å². The van der Waals surface area contributed by atoms with E-state index in [9.17, 15) is 8.42 Å². The summed E-state index contributed by atoms with van der Waals surface area (Å²) in [5, 5.41) is 1.60. The van der Waals surface area contributed by atoms with Gasteiger partial charge in [-0.2, -0.15) is 20.2 Å². The molecule has 3 atom stereocenters. The molecule has 2 heterocycles. The zero-order valence-electron chi connectivity index (χ0n) is 18.7. The van der Waals surface area contributed by atoms with Gasteiger partial charge in [0.2, 0.25) is 0 Å². The molecule has 1 saturated heterocycles. The van der Waals surface area contributed by atoms with Crippen molar-refractivity contribution in [2.45, 2.75) is 58.0 Å². The second kappa shape index (κ2) is 10.1. The van der Waals surface area contributed by atoms with Crippen LogP contribution in [0.15, 0.2) is 24.4 Å². The van der Waals surface area contributed by atoms with Crippen LogP contribution in [0.3, 0.4) is 0 Å². The first kappa shape index (κ1) is 23.6. The van der Waals surface area contributed by atoms with E-state index in [-0.39, 0.29) is 0 Å². The molecule has 2 aliphatic rings. The molecule has 1 fully saturated rings. The van der Waals surface area contributed by atoms with Gasteiger partial charge in [0, 0.05) is 42.1 Å². The smallest absolute Gasteiger partial charge is 0.261 e. The van der Waals surface area contributed by atoms with Crippen molar-refractivity contribution in [1.29, 1.82) is 0 Å². The summed E-state index contributed by atoms with van der Waals surface area (Å²) in [7, 11) is -3.67. The van der Waals surface area contributed by atoms with Crippen molar-refractivity contribution in [3.05, 3.63) is 35.5 Å². The predicted molar refractivity (Wildman–Crippen MR) is 128 cm³/mol. The molecule has 0 radical (unpaired) electrons. The summed E-state index contributed by atoms with van der Waals surface area (Å²) >= 11 is 2.03. The van der Waals surface area contributed by atoms with E-state index in [1.54, 1.807) is 16.5 Å².